The Morgan fingerprint density at radius 3 is 1.08 bits per heavy atom. The number of carbonyl (C=O) groups excluding carboxylic acids is 8. The predicted molar refractivity (Wildman–Crippen MR) is 571 cm³/mol. The van der Waals surface area contributed by atoms with Crippen molar-refractivity contribution in [3.8, 4) is 35.3 Å². The Kier molecular flexibility index (Phi) is 39.4. The van der Waals surface area contributed by atoms with E-state index in [0.29, 0.717) is 29.7 Å². The molecule has 16 rings (SSSR count). The maximum absolute atomic E-state index is 13.7. The smallest absolute Gasteiger partial charge is 0.333 e. The topological polar surface area (TPSA) is 246 Å². The van der Waals surface area contributed by atoms with E-state index in [-0.39, 0.29) is 177 Å². The van der Waals surface area contributed by atoms with E-state index in [0.717, 1.165) is 75.5 Å². The molecule has 6 saturated carbocycles. The zero-order valence-electron chi connectivity index (χ0n) is 90.0. The minimum atomic E-state index is -1.53. The summed E-state index contributed by atoms with van der Waals surface area (Å²) in [6, 6.07) is 58.4. The van der Waals surface area contributed by atoms with Crippen LogP contribution in [0.2, 0.25) is 0 Å². The van der Waals surface area contributed by atoms with Gasteiger partial charge in [0.1, 0.15) is 78.1 Å². The van der Waals surface area contributed by atoms with Gasteiger partial charge in [-0.1, -0.05) is 281 Å². The Morgan fingerprint density at radius 2 is 0.727 bits per heavy atom. The van der Waals surface area contributed by atoms with Crippen LogP contribution in [-0.4, -0.2) is 60.8 Å². The van der Waals surface area contributed by atoms with Gasteiger partial charge in [0.25, 0.3) is 0 Å². The Hall–Kier alpha value is -13.3. The fraction of sp³-hybridized carbons (Fsp3) is 0.408. The molecule has 0 radical (unpaired) electrons. The number of para-hydroxylation sites is 2. The maximum Gasteiger partial charge on any atom is 0.333 e. The van der Waals surface area contributed by atoms with Gasteiger partial charge < -0.3 is 51.5 Å². The number of Topliss-reactive ketones (excluding diaryl/α,β-unsaturated/α-hetero) is 1. The van der Waals surface area contributed by atoms with Crippen LogP contribution in [0.15, 0.2) is 284 Å². The van der Waals surface area contributed by atoms with E-state index >= 15 is 0 Å². The van der Waals surface area contributed by atoms with Crippen LogP contribution < -0.4 is 9.47 Å². The van der Waals surface area contributed by atoms with Crippen LogP contribution in [0.4, 0.5) is 17.6 Å². The molecule has 0 N–H and O–H groups in total. The molecule has 13 atom stereocenters. The van der Waals surface area contributed by atoms with Gasteiger partial charge in [-0.2, -0.15) is 0 Å². The van der Waals surface area contributed by atoms with Gasteiger partial charge in [0.15, 0.2) is 29.1 Å². The number of halogens is 6. The van der Waals surface area contributed by atoms with Crippen LogP contribution in [0.3, 0.4) is 0 Å². The minimum Gasteiger partial charge on any atom is -0.469 e. The van der Waals surface area contributed by atoms with Gasteiger partial charge in [-0.3, -0.25) is 33.6 Å². The van der Waals surface area contributed by atoms with E-state index in [1.807, 2.05) is 257 Å². The Labute approximate surface area is 890 Å². The maximum atomic E-state index is 13.7. The fourth-order valence-corrected chi connectivity index (χ4v) is 20.0. The molecule has 25 heteroatoms. The molecule has 2 heterocycles. The van der Waals surface area contributed by atoms with E-state index in [1.54, 1.807) is 25.5 Å². The Bertz CT molecular complexity index is 6420. The predicted octanol–water partition coefficient (Wildman–Crippen LogP) is 29.2. The highest BCUT2D eigenvalue weighted by atomic mass is 35.5. The molecule has 0 saturated heterocycles. The van der Waals surface area contributed by atoms with Crippen LogP contribution in [0.1, 0.15) is 214 Å². The molecule has 0 bridgehead atoms. The molecule has 2 aromatic heterocycles. The van der Waals surface area contributed by atoms with Crippen LogP contribution in [0, 0.1) is 146 Å². The average Bonchev–Trinajstić information content (AvgIpc) is 1.58. The molecular formula is C125H140Cl2F4O19. The lowest BCUT2D eigenvalue weighted by Gasteiger charge is -2.13. The van der Waals surface area contributed by atoms with Gasteiger partial charge in [0, 0.05) is 47.1 Å². The third-order valence-corrected chi connectivity index (χ3v) is 29.7. The summed E-state index contributed by atoms with van der Waals surface area (Å²) in [6.07, 6.45) is 23.8. The normalized spacial score (nSPS) is 22.0. The third kappa shape index (κ3) is 30.3. The number of hydrogen-bond donors (Lipinski definition) is 0. The van der Waals surface area contributed by atoms with Gasteiger partial charge in [0.05, 0.1) is 67.1 Å². The molecular weight excluding hydrogens is 1950 g/mol. The summed E-state index contributed by atoms with van der Waals surface area (Å²) >= 11 is 11.5. The number of carbonyl (C=O) groups is 8. The zero-order valence-corrected chi connectivity index (χ0v) is 91.5. The van der Waals surface area contributed by atoms with Crippen molar-refractivity contribution in [3.05, 3.63) is 354 Å². The van der Waals surface area contributed by atoms with E-state index in [4.69, 9.17) is 81.1 Å². The number of furan rings is 2. The van der Waals surface area contributed by atoms with E-state index in [9.17, 15) is 55.9 Å². The van der Waals surface area contributed by atoms with Crippen LogP contribution in [-0.2, 0) is 117 Å². The first-order valence-electron chi connectivity index (χ1n) is 50.5. The number of methoxy groups -OCH3 is 1. The van der Waals surface area contributed by atoms with Gasteiger partial charge >= 0.3 is 41.8 Å². The summed E-state index contributed by atoms with van der Waals surface area (Å²) in [5, 5.41) is 0. The lowest BCUT2D eigenvalue weighted by Crippen LogP contribution is -2.20. The monoisotopic (exact) mass is 2090 g/mol. The van der Waals surface area contributed by atoms with Gasteiger partial charge in [-0.05, 0) is 232 Å². The number of allylic oxidation sites excluding steroid dienone is 11. The second-order valence-corrected chi connectivity index (χ2v) is 44.8. The molecule has 7 aromatic carbocycles. The van der Waals surface area contributed by atoms with Crippen molar-refractivity contribution in [3.63, 3.8) is 0 Å². The molecule has 0 spiro atoms. The average molecular weight is 2090 g/mol. The lowest BCUT2D eigenvalue weighted by atomic mass is 10.1. The van der Waals surface area contributed by atoms with Gasteiger partial charge in [0.2, 0.25) is 0 Å². The lowest BCUT2D eigenvalue weighted by molar-refractivity contribution is -0.151. The summed E-state index contributed by atoms with van der Waals surface area (Å²) < 4.78 is 115. The van der Waals surface area contributed by atoms with Crippen molar-refractivity contribution in [2.75, 3.05) is 7.11 Å². The molecule has 0 amide bonds. The molecule has 8 unspecified atom stereocenters. The number of hydrogen-bond acceptors (Lipinski definition) is 19. The first-order chi connectivity index (χ1) is 70.8. The minimum absolute atomic E-state index is 0.00385. The third-order valence-electron chi connectivity index (χ3n) is 29.4. The van der Waals surface area contributed by atoms with E-state index in [1.165, 1.54) is 29.4 Å². The molecule has 7 aliphatic rings. The SMILES string of the molecule is C#CCC1=C(C)[C@@H](OC(=O)C2C(C=C(C)C)C2(C)C)CC1=O.CC(C)=CC1C(C(=O)OCc2cccc(Oc3ccccc3)c2)C1(C)C.CC(C)=CC1C(C(=O)OCc2coc(Cc3ccccc3)c2)C1(C)C.CC1(C)[C@@H](C=C(Cl)Cl)[C@@H]1C(=O)OCc1cccc(Oc2ccccc2)c1.CC=CC1C(C(=O)OCc2c(F)c(F)c(C)c(F)c2F)C1(C)C.COC(=O)/C(C)=C/[C@@H]1[C@@H](C(=O)OCc2coc(Cc3ccccc3)c2)C1(C)C. The first-order valence-corrected chi connectivity index (χ1v) is 51.3. The van der Waals surface area contributed by atoms with Crippen molar-refractivity contribution in [1.82, 2.24) is 0 Å². The number of ketones is 1. The van der Waals surface area contributed by atoms with Gasteiger partial charge in [-0.25, -0.2) is 22.4 Å². The van der Waals surface area contributed by atoms with Crippen molar-refractivity contribution in [1.29, 1.82) is 0 Å². The molecule has 0 aliphatic heterocycles. The summed E-state index contributed by atoms with van der Waals surface area (Å²) in [5.41, 5.74) is 9.02. The van der Waals surface area contributed by atoms with Crippen molar-refractivity contribution >= 4 is 70.8 Å². The molecule has 7 aliphatic carbocycles. The highest BCUT2D eigenvalue weighted by Gasteiger charge is 2.66. The summed E-state index contributed by atoms with van der Waals surface area (Å²) in [7, 11) is 1.35. The number of ether oxygens (including phenoxy) is 9. The van der Waals surface area contributed by atoms with Crippen LogP contribution in [0.5, 0.6) is 23.0 Å². The Balaban J connectivity index is 0.000000171. The molecule has 9 aromatic rings. The summed E-state index contributed by atoms with van der Waals surface area (Å²) in [4.78, 5) is 97.8. The largest absolute Gasteiger partial charge is 0.469 e. The van der Waals surface area contributed by atoms with Crippen LogP contribution in [0.25, 0.3) is 0 Å². The number of benzene rings is 7. The summed E-state index contributed by atoms with van der Waals surface area (Å²) in [6.45, 7) is 43.1. The molecule has 150 heavy (non-hydrogen) atoms. The molecule has 6 fully saturated rings. The van der Waals surface area contributed by atoms with E-state index in [2.05, 4.69) is 106 Å². The highest BCUT2D eigenvalue weighted by Crippen LogP contribution is 2.65. The number of terminal acetylenes is 1. The van der Waals surface area contributed by atoms with Crippen LogP contribution >= 0.6 is 23.2 Å². The molecule has 19 nitrogen and oxygen atoms in total. The second kappa shape index (κ2) is 50.5. The fourth-order valence-electron chi connectivity index (χ4n) is 19.7. The first kappa shape index (κ1) is 117. The number of esters is 7. The zero-order chi connectivity index (χ0) is 110. The summed E-state index contributed by atoms with van der Waals surface area (Å²) in [5.74, 6) is -1.20. The van der Waals surface area contributed by atoms with Gasteiger partial charge in [-0.15, -0.1) is 12.3 Å². The van der Waals surface area contributed by atoms with Crippen molar-refractivity contribution < 1.29 is 107 Å². The van der Waals surface area contributed by atoms with E-state index < -0.39 is 59.0 Å². The van der Waals surface area contributed by atoms with Crippen molar-refractivity contribution in [2.45, 2.75) is 217 Å². The number of rotatable bonds is 33. The highest BCUT2D eigenvalue weighted by molar-refractivity contribution is 6.55. The van der Waals surface area contributed by atoms with Crippen molar-refractivity contribution in [2.24, 2.45) is 104 Å². The molecule has 796 valence electrons. The second-order valence-electron chi connectivity index (χ2n) is 43.8. The quantitative estimate of drug-likeness (QED) is 0.00705. The Morgan fingerprint density at radius 1 is 0.407 bits per heavy atom. The standard InChI is InChI=1S/C23H26O5.C23H26O3.C22H26O3.C21H20Cl2O3.C19H24O3.C17H18F4O2/c1-15(21(24)26-4)10-19-20(23(19,2)3)22(25)28-14-17-12-18(27-13-17)11-16-8-6-5-7-9-16;1-16(2)13-20-21(23(20,3)4)22(24)25-15-17-9-8-12-19(14-17)26-18-10-6-5-7-11-18;1-15(2)10-19-20(22(19,3)4)21(23)25-14-17-12-18(24-13-17)11-16-8-6-5-7-9-16;1-21(2)17(12-18(22)23)19(21)20(24)25-13-14-7-6-10-16(11-14)26-15-8-4-3-5-9-15;1-7-8-13-12(4)16(10-15(13)20)22-18(21)17-14(9-11(2)3)19(17,5)6;1-5-6-10-11(17(10,3)4)16(22)23-7-9-14(20)12(18)8(2)13(19)15(9)21/h5-10,12-13,19-20H,11,14H2,1-4H3;5-14,20-21H,15H2,1-4H3;5-10,12-13,19-20H,11,14H2,1-4H3;3-12,17,19H,13H2,1-2H3;1,9,14,16-17H,8,10H2,2-6H3;5-6,10-11H,7H2,1-4H3/b15-10+;;;;;/t19-,20+;;;17-,19+;14?,16-,17?;/m1..00./s1.